The van der Waals surface area contributed by atoms with E-state index in [2.05, 4.69) is 0 Å². The number of amides is 1. The van der Waals surface area contributed by atoms with Crippen molar-refractivity contribution in [1.29, 1.82) is 0 Å². The summed E-state index contributed by atoms with van der Waals surface area (Å²) in [6.07, 6.45) is 0. The second-order valence-corrected chi connectivity index (χ2v) is 5.42. The summed E-state index contributed by atoms with van der Waals surface area (Å²) in [7, 11) is 0. The van der Waals surface area contributed by atoms with E-state index in [1.54, 1.807) is 17.0 Å². The first-order valence-electron chi connectivity index (χ1n) is 7.34. The summed E-state index contributed by atoms with van der Waals surface area (Å²) in [6, 6.07) is 9.42. The Labute approximate surface area is 133 Å². The van der Waals surface area contributed by atoms with Crippen LogP contribution in [0.2, 0.25) is 0 Å². The molecule has 1 aromatic carbocycles. The van der Waals surface area contributed by atoms with Gasteiger partial charge >= 0.3 is 5.97 Å². The number of rotatable bonds is 3. The van der Waals surface area contributed by atoms with E-state index in [-0.39, 0.29) is 17.5 Å². The molecule has 1 atom stereocenters. The molecule has 2 heterocycles. The monoisotopic (exact) mass is 315 g/mol. The van der Waals surface area contributed by atoms with Crippen molar-refractivity contribution < 1.29 is 23.8 Å². The molecule has 0 bridgehead atoms. The van der Waals surface area contributed by atoms with E-state index < -0.39 is 5.97 Å². The molecule has 6 nitrogen and oxygen atoms in total. The number of aryl methyl sites for hydroxylation is 1. The lowest BCUT2D eigenvalue weighted by atomic mass is 10.1. The molecule has 1 N–H and O–H groups in total. The Morgan fingerprint density at radius 3 is 2.70 bits per heavy atom. The number of nitrogens with zero attached hydrogens (tertiary/aromatic N) is 1. The standard InChI is InChI=1S/C17H17NO5/c1-11-5-6-15(23-11)14-10-22-8-7-18(14)16(19)12-3-2-4-13(9-12)17(20)21/h2-6,9,14H,7-8,10H2,1H3,(H,20,21). The number of carboxylic acids is 1. The minimum absolute atomic E-state index is 0.0921. The summed E-state index contributed by atoms with van der Waals surface area (Å²) in [6.45, 7) is 3.08. The van der Waals surface area contributed by atoms with E-state index in [4.69, 9.17) is 14.3 Å². The third-order valence-corrected chi connectivity index (χ3v) is 3.84. The van der Waals surface area contributed by atoms with Crippen molar-refractivity contribution in [2.24, 2.45) is 0 Å². The normalized spacial score (nSPS) is 18.0. The topological polar surface area (TPSA) is 80.0 Å². The van der Waals surface area contributed by atoms with E-state index in [0.717, 1.165) is 5.76 Å². The first-order chi connectivity index (χ1) is 11.1. The van der Waals surface area contributed by atoms with Crippen LogP contribution in [-0.2, 0) is 4.74 Å². The average Bonchev–Trinajstić information content (AvgIpc) is 3.00. The zero-order valence-corrected chi connectivity index (χ0v) is 12.7. The SMILES string of the molecule is Cc1ccc(C2COCCN2C(=O)c2cccc(C(=O)O)c2)o1. The summed E-state index contributed by atoms with van der Waals surface area (Å²) in [5.41, 5.74) is 0.439. The molecule has 120 valence electrons. The van der Waals surface area contributed by atoms with Crippen molar-refractivity contribution in [3.63, 3.8) is 0 Å². The van der Waals surface area contributed by atoms with Gasteiger partial charge in [0.25, 0.3) is 5.91 Å². The van der Waals surface area contributed by atoms with Gasteiger partial charge < -0.3 is 19.2 Å². The number of carboxylic acid groups (broad SMARTS) is 1. The Hall–Kier alpha value is -2.60. The van der Waals surface area contributed by atoms with Gasteiger partial charge in [0.2, 0.25) is 0 Å². The zero-order valence-electron chi connectivity index (χ0n) is 12.7. The molecule has 3 rings (SSSR count). The molecule has 0 radical (unpaired) electrons. The van der Waals surface area contributed by atoms with Gasteiger partial charge in [-0.05, 0) is 37.3 Å². The van der Waals surface area contributed by atoms with Crippen LogP contribution in [0, 0.1) is 6.92 Å². The largest absolute Gasteiger partial charge is 0.478 e. The molecule has 0 spiro atoms. The number of carbonyl (C=O) groups is 2. The number of furan rings is 1. The summed E-state index contributed by atoms with van der Waals surface area (Å²) in [5.74, 6) is 0.158. The van der Waals surface area contributed by atoms with Crippen molar-refractivity contribution in [2.75, 3.05) is 19.8 Å². The van der Waals surface area contributed by atoms with Crippen LogP contribution >= 0.6 is 0 Å². The molecule has 1 aromatic heterocycles. The highest BCUT2D eigenvalue weighted by Gasteiger charge is 2.31. The maximum absolute atomic E-state index is 12.8. The highest BCUT2D eigenvalue weighted by molar-refractivity contribution is 5.97. The predicted molar refractivity (Wildman–Crippen MR) is 81.4 cm³/mol. The van der Waals surface area contributed by atoms with Gasteiger partial charge in [-0.2, -0.15) is 0 Å². The maximum atomic E-state index is 12.8. The van der Waals surface area contributed by atoms with Crippen LogP contribution in [0.25, 0.3) is 0 Å². The van der Waals surface area contributed by atoms with Gasteiger partial charge in [0, 0.05) is 12.1 Å². The summed E-state index contributed by atoms with van der Waals surface area (Å²) >= 11 is 0. The number of hydrogen-bond donors (Lipinski definition) is 1. The summed E-state index contributed by atoms with van der Waals surface area (Å²) < 4.78 is 11.1. The number of hydrogen-bond acceptors (Lipinski definition) is 4. The third-order valence-electron chi connectivity index (χ3n) is 3.84. The predicted octanol–water partition coefficient (Wildman–Crippen LogP) is 2.50. The molecule has 6 heteroatoms. The van der Waals surface area contributed by atoms with Gasteiger partial charge in [0.05, 0.1) is 18.8 Å². The fourth-order valence-electron chi connectivity index (χ4n) is 2.67. The molecule has 1 unspecified atom stereocenters. The van der Waals surface area contributed by atoms with Gasteiger partial charge in [-0.25, -0.2) is 4.79 Å². The minimum Gasteiger partial charge on any atom is -0.478 e. The van der Waals surface area contributed by atoms with Gasteiger partial charge in [-0.3, -0.25) is 4.79 Å². The lowest BCUT2D eigenvalue weighted by molar-refractivity contribution is -0.00895. The van der Waals surface area contributed by atoms with Gasteiger partial charge in [0.1, 0.15) is 17.6 Å². The Morgan fingerprint density at radius 1 is 1.22 bits per heavy atom. The van der Waals surface area contributed by atoms with Crippen molar-refractivity contribution in [2.45, 2.75) is 13.0 Å². The summed E-state index contributed by atoms with van der Waals surface area (Å²) in [5, 5.41) is 9.07. The first kappa shape index (κ1) is 15.3. The first-order valence-corrected chi connectivity index (χ1v) is 7.34. The van der Waals surface area contributed by atoms with Crippen LogP contribution in [0.1, 0.15) is 38.3 Å². The number of carbonyl (C=O) groups excluding carboxylic acids is 1. The highest BCUT2D eigenvalue weighted by Crippen LogP contribution is 2.27. The number of ether oxygens (including phenoxy) is 1. The molecule has 0 saturated carbocycles. The van der Waals surface area contributed by atoms with Crippen LogP contribution < -0.4 is 0 Å². The van der Waals surface area contributed by atoms with Crippen LogP contribution in [-0.4, -0.2) is 41.6 Å². The van der Waals surface area contributed by atoms with Crippen molar-refractivity contribution in [3.05, 3.63) is 59.0 Å². The zero-order chi connectivity index (χ0) is 16.4. The highest BCUT2D eigenvalue weighted by atomic mass is 16.5. The molecule has 1 fully saturated rings. The van der Waals surface area contributed by atoms with E-state index in [1.807, 2.05) is 19.1 Å². The molecule has 1 amide bonds. The number of aromatic carboxylic acids is 1. The van der Waals surface area contributed by atoms with Gasteiger partial charge in [0.15, 0.2) is 0 Å². The summed E-state index contributed by atoms with van der Waals surface area (Å²) in [4.78, 5) is 25.6. The smallest absolute Gasteiger partial charge is 0.335 e. The fraction of sp³-hybridized carbons (Fsp3) is 0.294. The molecular weight excluding hydrogens is 298 g/mol. The Balaban J connectivity index is 1.89. The number of morpholine rings is 1. The van der Waals surface area contributed by atoms with Gasteiger partial charge in [-0.15, -0.1) is 0 Å². The Morgan fingerprint density at radius 2 is 2.00 bits per heavy atom. The molecule has 1 saturated heterocycles. The molecule has 2 aromatic rings. The molecule has 1 aliphatic heterocycles. The Kier molecular flexibility index (Phi) is 4.16. The second-order valence-electron chi connectivity index (χ2n) is 5.42. The average molecular weight is 315 g/mol. The third kappa shape index (κ3) is 3.12. The lowest BCUT2D eigenvalue weighted by Gasteiger charge is -2.34. The lowest BCUT2D eigenvalue weighted by Crippen LogP contribution is -2.43. The van der Waals surface area contributed by atoms with E-state index >= 15 is 0 Å². The maximum Gasteiger partial charge on any atom is 0.335 e. The number of benzene rings is 1. The molecule has 23 heavy (non-hydrogen) atoms. The van der Waals surface area contributed by atoms with Crippen LogP contribution in [0.4, 0.5) is 0 Å². The van der Waals surface area contributed by atoms with E-state index in [9.17, 15) is 9.59 Å². The van der Waals surface area contributed by atoms with E-state index in [0.29, 0.717) is 31.1 Å². The molecular formula is C17H17NO5. The minimum atomic E-state index is -1.06. The van der Waals surface area contributed by atoms with Crippen molar-refractivity contribution in [1.82, 2.24) is 4.90 Å². The fourth-order valence-corrected chi connectivity index (χ4v) is 2.67. The van der Waals surface area contributed by atoms with Crippen molar-refractivity contribution >= 4 is 11.9 Å². The van der Waals surface area contributed by atoms with Crippen molar-refractivity contribution in [3.8, 4) is 0 Å². The van der Waals surface area contributed by atoms with Crippen LogP contribution in [0.5, 0.6) is 0 Å². The van der Waals surface area contributed by atoms with Crippen LogP contribution in [0.3, 0.4) is 0 Å². The quantitative estimate of drug-likeness (QED) is 0.941. The Bertz CT molecular complexity index is 736. The van der Waals surface area contributed by atoms with Gasteiger partial charge in [-0.1, -0.05) is 6.07 Å². The molecule has 0 aliphatic carbocycles. The molecule has 1 aliphatic rings. The second kappa shape index (κ2) is 6.26. The van der Waals surface area contributed by atoms with E-state index in [1.165, 1.54) is 12.1 Å². The van der Waals surface area contributed by atoms with Crippen LogP contribution in [0.15, 0.2) is 40.8 Å².